The summed E-state index contributed by atoms with van der Waals surface area (Å²) >= 11 is 0. The van der Waals surface area contributed by atoms with Crippen LogP contribution in [0.15, 0.2) is 18.3 Å². The maximum atomic E-state index is 10.9. The zero-order valence-electron chi connectivity index (χ0n) is 9.22. The minimum atomic E-state index is -0.890. The maximum Gasteiger partial charge on any atom is 0.335 e. The number of nitrogens with zero attached hydrogens (tertiary/aromatic N) is 2. The summed E-state index contributed by atoms with van der Waals surface area (Å²) in [6.07, 6.45) is 6.42. The Kier molecular flexibility index (Phi) is 3.39. The predicted octanol–water partition coefficient (Wildman–Crippen LogP) is 2.16. The number of aromatic nitrogens is 1. The lowest BCUT2D eigenvalue weighted by Crippen LogP contribution is -2.25. The third-order valence-corrected chi connectivity index (χ3v) is 2.92. The van der Waals surface area contributed by atoms with Crippen molar-refractivity contribution in [1.82, 2.24) is 4.98 Å². The van der Waals surface area contributed by atoms with Crippen molar-refractivity contribution in [3.63, 3.8) is 0 Å². The summed E-state index contributed by atoms with van der Waals surface area (Å²) in [6.45, 7) is 1.96. The molecule has 1 aromatic heterocycles. The smallest absolute Gasteiger partial charge is 0.335 e. The number of carboxylic acids is 1. The van der Waals surface area contributed by atoms with Gasteiger partial charge in [0.05, 0.1) is 5.56 Å². The van der Waals surface area contributed by atoms with Gasteiger partial charge in [0.25, 0.3) is 0 Å². The van der Waals surface area contributed by atoms with Crippen LogP contribution in [0.5, 0.6) is 0 Å². The number of hydrogen-bond donors (Lipinski definition) is 1. The second kappa shape index (κ2) is 4.96. The summed E-state index contributed by atoms with van der Waals surface area (Å²) in [5, 5.41) is 8.92. The molecule has 0 saturated carbocycles. The molecule has 16 heavy (non-hydrogen) atoms. The molecule has 4 heteroatoms. The third-order valence-electron chi connectivity index (χ3n) is 2.92. The van der Waals surface area contributed by atoms with Gasteiger partial charge >= 0.3 is 5.97 Å². The van der Waals surface area contributed by atoms with Crippen LogP contribution in [0.1, 0.15) is 36.0 Å². The van der Waals surface area contributed by atoms with Crippen molar-refractivity contribution in [2.75, 3.05) is 18.0 Å². The van der Waals surface area contributed by atoms with Crippen LogP contribution < -0.4 is 4.90 Å². The van der Waals surface area contributed by atoms with Crippen LogP contribution in [-0.2, 0) is 0 Å². The molecule has 0 spiro atoms. The van der Waals surface area contributed by atoms with Crippen LogP contribution in [0.4, 0.5) is 5.82 Å². The summed E-state index contributed by atoms with van der Waals surface area (Å²) in [5.74, 6) is -0.0970. The van der Waals surface area contributed by atoms with Crippen LogP contribution in [-0.4, -0.2) is 29.1 Å². The Balaban J connectivity index is 2.18. The highest BCUT2D eigenvalue weighted by Gasteiger charge is 2.12. The topological polar surface area (TPSA) is 53.4 Å². The van der Waals surface area contributed by atoms with E-state index in [0.29, 0.717) is 5.56 Å². The Hall–Kier alpha value is -1.58. The lowest BCUT2D eigenvalue weighted by molar-refractivity contribution is 0.0697. The van der Waals surface area contributed by atoms with E-state index in [1.807, 2.05) is 0 Å². The van der Waals surface area contributed by atoms with Crippen molar-refractivity contribution in [3.05, 3.63) is 23.9 Å². The third kappa shape index (κ3) is 2.51. The SMILES string of the molecule is O=C(O)c1ccnc(N2CCCCCC2)c1. The van der Waals surface area contributed by atoms with Crippen molar-refractivity contribution >= 4 is 11.8 Å². The number of hydrogen-bond acceptors (Lipinski definition) is 3. The van der Waals surface area contributed by atoms with Crippen LogP contribution in [0.25, 0.3) is 0 Å². The fourth-order valence-electron chi connectivity index (χ4n) is 2.02. The first-order chi connectivity index (χ1) is 7.77. The van der Waals surface area contributed by atoms with Crippen molar-refractivity contribution in [2.24, 2.45) is 0 Å². The van der Waals surface area contributed by atoms with E-state index in [0.717, 1.165) is 18.9 Å². The van der Waals surface area contributed by atoms with E-state index in [1.165, 1.54) is 31.7 Å². The van der Waals surface area contributed by atoms with Crippen LogP contribution in [0.3, 0.4) is 0 Å². The second-order valence-corrected chi connectivity index (χ2v) is 4.11. The average molecular weight is 220 g/mol. The molecular formula is C12H16N2O2. The van der Waals surface area contributed by atoms with E-state index < -0.39 is 5.97 Å². The Morgan fingerprint density at radius 3 is 2.56 bits per heavy atom. The number of pyridine rings is 1. The molecule has 4 nitrogen and oxygen atoms in total. The molecule has 0 radical (unpaired) electrons. The summed E-state index contributed by atoms with van der Waals surface area (Å²) in [6, 6.07) is 3.19. The van der Waals surface area contributed by atoms with Crippen molar-refractivity contribution < 1.29 is 9.90 Å². The zero-order chi connectivity index (χ0) is 11.4. The fraction of sp³-hybridized carbons (Fsp3) is 0.500. The Morgan fingerprint density at radius 1 is 1.25 bits per heavy atom. The molecule has 1 N–H and O–H groups in total. The van der Waals surface area contributed by atoms with Gasteiger partial charge in [-0.15, -0.1) is 0 Å². The molecule has 0 atom stereocenters. The minimum absolute atomic E-state index is 0.314. The molecule has 86 valence electrons. The Bertz CT molecular complexity index is 371. The quantitative estimate of drug-likeness (QED) is 0.829. The molecule has 2 heterocycles. The van der Waals surface area contributed by atoms with E-state index in [4.69, 9.17) is 5.11 Å². The van der Waals surface area contributed by atoms with Gasteiger partial charge in [0.2, 0.25) is 0 Å². The Morgan fingerprint density at radius 2 is 1.94 bits per heavy atom. The molecule has 0 unspecified atom stereocenters. The lowest BCUT2D eigenvalue weighted by Gasteiger charge is -2.21. The first-order valence-electron chi connectivity index (χ1n) is 5.71. The number of carbonyl (C=O) groups is 1. The average Bonchev–Trinajstić information content (AvgIpc) is 2.57. The van der Waals surface area contributed by atoms with Crippen molar-refractivity contribution in [3.8, 4) is 0 Å². The summed E-state index contributed by atoms with van der Waals surface area (Å²) < 4.78 is 0. The highest BCUT2D eigenvalue weighted by Crippen LogP contribution is 2.18. The number of rotatable bonds is 2. The van der Waals surface area contributed by atoms with Crippen molar-refractivity contribution in [2.45, 2.75) is 25.7 Å². The number of carboxylic acid groups (broad SMARTS) is 1. The number of aromatic carboxylic acids is 1. The molecular weight excluding hydrogens is 204 g/mol. The van der Waals surface area contributed by atoms with Gasteiger partial charge in [0.1, 0.15) is 5.82 Å². The number of anilines is 1. The molecule has 0 aromatic carbocycles. The first-order valence-corrected chi connectivity index (χ1v) is 5.71. The molecule has 2 rings (SSSR count). The highest BCUT2D eigenvalue weighted by atomic mass is 16.4. The standard InChI is InChI=1S/C12H16N2O2/c15-12(16)10-5-6-13-11(9-10)14-7-3-1-2-4-8-14/h5-6,9H,1-4,7-8H2,(H,15,16). The second-order valence-electron chi connectivity index (χ2n) is 4.11. The van der Waals surface area contributed by atoms with Gasteiger partial charge in [-0.3, -0.25) is 0 Å². The van der Waals surface area contributed by atoms with Crippen molar-refractivity contribution in [1.29, 1.82) is 0 Å². The molecule has 0 amide bonds. The lowest BCUT2D eigenvalue weighted by atomic mass is 10.2. The monoisotopic (exact) mass is 220 g/mol. The van der Waals surface area contributed by atoms with Gasteiger partial charge in [0, 0.05) is 19.3 Å². The minimum Gasteiger partial charge on any atom is -0.478 e. The summed E-state index contributed by atoms with van der Waals surface area (Å²) in [4.78, 5) is 17.3. The van der Waals surface area contributed by atoms with Crippen LogP contribution in [0, 0.1) is 0 Å². The first kappa shape index (κ1) is 10.9. The van der Waals surface area contributed by atoms with Crippen LogP contribution >= 0.6 is 0 Å². The van der Waals surface area contributed by atoms with E-state index in [9.17, 15) is 4.79 Å². The highest BCUT2D eigenvalue weighted by molar-refractivity contribution is 5.88. The van der Waals surface area contributed by atoms with Gasteiger partial charge in [0.15, 0.2) is 0 Å². The van der Waals surface area contributed by atoms with Gasteiger partial charge < -0.3 is 10.0 Å². The normalized spacial score (nSPS) is 16.9. The van der Waals surface area contributed by atoms with E-state index in [2.05, 4.69) is 9.88 Å². The Labute approximate surface area is 94.9 Å². The summed E-state index contributed by atoms with van der Waals surface area (Å²) in [7, 11) is 0. The van der Waals surface area contributed by atoms with E-state index in [1.54, 1.807) is 12.3 Å². The predicted molar refractivity (Wildman–Crippen MR) is 61.9 cm³/mol. The molecule has 1 aliphatic rings. The van der Waals surface area contributed by atoms with Crippen LogP contribution in [0.2, 0.25) is 0 Å². The largest absolute Gasteiger partial charge is 0.478 e. The fourth-order valence-corrected chi connectivity index (χ4v) is 2.02. The van der Waals surface area contributed by atoms with Gasteiger partial charge in [-0.2, -0.15) is 0 Å². The molecule has 1 saturated heterocycles. The molecule has 1 fully saturated rings. The molecule has 1 aliphatic heterocycles. The van der Waals surface area contributed by atoms with E-state index >= 15 is 0 Å². The molecule has 1 aromatic rings. The van der Waals surface area contributed by atoms with Gasteiger partial charge in [-0.1, -0.05) is 12.8 Å². The zero-order valence-corrected chi connectivity index (χ0v) is 9.22. The van der Waals surface area contributed by atoms with E-state index in [-0.39, 0.29) is 0 Å². The summed E-state index contributed by atoms with van der Waals surface area (Å²) in [5.41, 5.74) is 0.314. The van der Waals surface area contributed by atoms with Gasteiger partial charge in [-0.05, 0) is 25.0 Å². The van der Waals surface area contributed by atoms with Gasteiger partial charge in [-0.25, -0.2) is 9.78 Å². The molecule has 0 bridgehead atoms. The molecule has 0 aliphatic carbocycles. The maximum absolute atomic E-state index is 10.9.